The van der Waals surface area contributed by atoms with E-state index in [9.17, 15) is 4.79 Å². The third-order valence-corrected chi connectivity index (χ3v) is 3.58. The maximum absolute atomic E-state index is 11.9. The van der Waals surface area contributed by atoms with Crippen LogP contribution in [-0.4, -0.2) is 48.3 Å². The summed E-state index contributed by atoms with van der Waals surface area (Å²) in [4.78, 5) is 20.3. The average molecular weight is 491 g/mol. The fourth-order valence-electron chi connectivity index (χ4n) is 2.25. The molecular formula is C19H34IN5O2. The fourth-order valence-corrected chi connectivity index (χ4v) is 2.25. The standard InChI is InChI=1S/C19H33N5O2.HI/c1-14-12-21-10-8-15(14)9-11-22-16(20-7)23-13-19(5,6)24-17(25)26-18(2,3)4;/h8,10,12H,9,11,13H2,1-7H3,(H,24,25)(H2,20,22,23);1H. The number of ether oxygens (including phenoxy) is 1. The Labute approximate surface area is 180 Å². The summed E-state index contributed by atoms with van der Waals surface area (Å²) in [7, 11) is 1.72. The van der Waals surface area contributed by atoms with Gasteiger partial charge >= 0.3 is 6.09 Å². The van der Waals surface area contributed by atoms with Crippen LogP contribution in [0.1, 0.15) is 45.7 Å². The molecule has 0 aromatic carbocycles. The lowest BCUT2D eigenvalue weighted by molar-refractivity contribution is 0.0474. The number of carbonyl (C=O) groups excluding carboxylic acids is 1. The number of guanidine groups is 1. The first kappa shape index (κ1) is 25.4. The molecule has 0 bridgehead atoms. The van der Waals surface area contributed by atoms with Gasteiger partial charge in [-0.25, -0.2) is 4.79 Å². The first-order valence-electron chi connectivity index (χ1n) is 8.87. The summed E-state index contributed by atoms with van der Waals surface area (Å²) in [5.41, 5.74) is 1.44. The van der Waals surface area contributed by atoms with Crippen molar-refractivity contribution in [2.75, 3.05) is 20.1 Å². The number of amides is 1. The van der Waals surface area contributed by atoms with Crippen molar-refractivity contribution in [3.8, 4) is 0 Å². The molecule has 1 aromatic heterocycles. The number of carbonyl (C=O) groups is 1. The molecule has 1 rings (SSSR count). The SMILES string of the molecule is CN=C(NCCc1ccncc1C)NCC(C)(C)NC(=O)OC(C)(C)C.I. The number of nitrogens with zero attached hydrogens (tertiary/aromatic N) is 2. The van der Waals surface area contributed by atoms with Gasteiger partial charge in [0.15, 0.2) is 5.96 Å². The normalized spacial score (nSPS) is 12.0. The van der Waals surface area contributed by atoms with Gasteiger partial charge in [-0.3, -0.25) is 9.98 Å². The largest absolute Gasteiger partial charge is 0.444 e. The van der Waals surface area contributed by atoms with Crippen molar-refractivity contribution in [2.24, 2.45) is 4.99 Å². The van der Waals surface area contributed by atoms with Gasteiger partial charge in [0.05, 0.1) is 5.54 Å². The van der Waals surface area contributed by atoms with E-state index in [1.807, 2.05) is 46.9 Å². The quantitative estimate of drug-likeness (QED) is 0.324. The molecule has 0 aliphatic heterocycles. The second kappa shape index (κ2) is 11.3. The van der Waals surface area contributed by atoms with Gasteiger partial charge < -0.3 is 20.7 Å². The highest BCUT2D eigenvalue weighted by molar-refractivity contribution is 14.0. The number of hydrogen-bond acceptors (Lipinski definition) is 4. The van der Waals surface area contributed by atoms with Crippen LogP contribution in [0.15, 0.2) is 23.5 Å². The van der Waals surface area contributed by atoms with E-state index in [0.717, 1.165) is 13.0 Å². The maximum atomic E-state index is 11.9. The molecule has 0 fully saturated rings. The van der Waals surface area contributed by atoms with Crippen molar-refractivity contribution in [3.05, 3.63) is 29.6 Å². The molecule has 154 valence electrons. The zero-order valence-corrected chi connectivity index (χ0v) is 19.8. The number of alkyl carbamates (subject to hydrolysis) is 1. The first-order chi connectivity index (χ1) is 12.0. The molecule has 1 heterocycles. The summed E-state index contributed by atoms with van der Waals surface area (Å²) in [6, 6.07) is 2.03. The van der Waals surface area contributed by atoms with Crippen molar-refractivity contribution >= 4 is 36.0 Å². The Morgan fingerprint density at radius 3 is 2.44 bits per heavy atom. The Bertz CT molecular complexity index is 627. The van der Waals surface area contributed by atoms with E-state index in [2.05, 4.69) is 32.9 Å². The van der Waals surface area contributed by atoms with E-state index < -0.39 is 17.2 Å². The van der Waals surface area contributed by atoms with Crippen LogP contribution in [0.25, 0.3) is 0 Å². The molecule has 7 nitrogen and oxygen atoms in total. The zero-order valence-electron chi connectivity index (χ0n) is 17.5. The van der Waals surface area contributed by atoms with E-state index in [0.29, 0.717) is 12.5 Å². The number of pyridine rings is 1. The van der Waals surface area contributed by atoms with Crippen LogP contribution in [0, 0.1) is 6.92 Å². The summed E-state index contributed by atoms with van der Waals surface area (Å²) in [6.07, 6.45) is 4.13. The minimum absolute atomic E-state index is 0. The average Bonchev–Trinajstić information content (AvgIpc) is 2.49. The van der Waals surface area contributed by atoms with Crippen molar-refractivity contribution < 1.29 is 9.53 Å². The van der Waals surface area contributed by atoms with Gasteiger partial charge in [0, 0.05) is 32.5 Å². The van der Waals surface area contributed by atoms with Gasteiger partial charge in [-0.2, -0.15) is 0 Å². The summed E-state index contributed by atoms with van der Waals surface area (Å²) in [6.45, 7) is 12.7. The van der Waals surface area contributed by atoms with Gasteiger partial charge in [0.2, 0.25) is 0 Å². The van der Waals surface area contributed by atoms with Crippen molar-refractivity contribution in [1.82, 2.24) is 20.9 Å². The maximum Gasteiger partial charge on any atom is 0.408 e. The summed E-state index contributed by atoms with van der Waals surface area (Å²) in [5, 5.41) is 9.39. The number of rotatable bonds is 6. The van der Waals surface area contributed by atoms with E-state index in [1.165, 1.54) is 11.1 Å². The third kappa shape index (κ3) is 11.0. The van der Waals surface area contributed by atoms with Crippen LogP contribution in [0.5, 0.6) is 0 Å². The summed E-state index contributed by atoms with van der Waals surface area (Å²) >= 11 is 0. The lowest BCUT2D eigenvalue weighted by Crippen LogP contribution is -2.54. The zero-order chi connectivity index (χ0) is 19.8. The predicted octanol–water partition coefficient (Wildman–Crippen LogP) is 3.02. The number of aryl methyl sites for hydroxylation is 1. The Morgan fingerprint density at radius 1 is 1.22 bits per heavy atom. The first-order valence-corrected chi connectivity index (χ1v) is 8.87. The highest BCUT2D eigenvalue weighted by Gasteiger charge is 2.24. The van der Waals surface area contributed by atoms with E-state index in [-0.39, 0.29) is 24.0 Å². The lowest BCUT2D eigenvalue weighted by atomic mass is 10.1. The van der Waals surface area contributed by atoms with E-state index in [4.69, 9.17) is 4.74 Å². The highest BCUT2D eigenvalue weighted by Crippen LogP contribution is 2.09. The van der Waals surface area contributed by atoms with Crippen LogP contribution in [-0.2, 0) is 11.2 Å². The fraction of sp³-hybridized carbons (Fsp3) is 0.632. The highest BCUT2D eigenvalue weighted by atomic mass is 127. The molecule has 0 aliphatic rings. The molecule has 1 aromatic rings. The minimum Gasteiger partial charge on any atom is -0.444 e. The minimum atomic E-state index is -0.518. The second-order valence-corrected chi connectivity index (χ2v) is 7.92. The predicted molar refractivity (Wildman–Crippen MR) is 121 cm³/mol. The van der Waals surface area contributed by atoms with Crippen LogP contribution in [0.3, 0.4) is 0 Å². The Balaban J connectivity index is 0.00000676. The van der Waals surface area contributed by atoms with Crippen molar-refractivity contribution in [3.63, 3.8) is 0 Å². The Kier molecular flexibility index (Phi) is 10.6. The molecule has 0 saturated heterocycles. The van der Waals surface area contributed by atoms with E-state index in [1.54, 1.807) is 13.2 Å². The van der Waals surface area contributed by atoms with Crippen LogP contribution < -0.4 is 16.0 Å². The van der Waals surface area contributed by atoms with Crippen LogP contribution >= 0.6 is 24.0 Å². The van der Waals surface area contributed by atoms with Gasteiger partial charge in [-0.1, -0.05) is 0 Å². The van der Waals surface area contributed by atoms with Gasteiger partial charge in [0.1, 0.15) is 5.60 Å². The number of aliphatic imine (C=N–C) groups is 1. The topological polar surface area (TPSA) is 87.6 Å². The molecule has 27 heavy (non-hydrogen) atoms. The van der Waals surface area contributed by atoms with E-state index >= 15 is 0 Å². The molecule has 0 radical (unpaired) electrons. The molecule has 3 N–H and O–H groups in total. The monoisotopic (exact) mass is 491 g/mol. The smallest absolute Gasteiger partial charge is 0.408 e. The summed E-state index contributed by atoms with van der Waals surface area (Å²) in [5.74, 6) is 0.691. The lowest BCUT2D eigenvalue weighted by Gasteiger charge is -2.29. The molecule has 0 spiro atoms. The molecule has 0 aliphatic carbocycles. The Morgan fingerprint density at radius 2 is 1.89 bits per heavy atom. The van der Waals surface area contributed by atoms with Gasteiger partial charge in [0.25, 0.3) is 0 Å². The molecular weight excluding hydrogens is 457 g/mol. The van der Waals surface area contributed by atoms with Gasteiger partial charge in [-0.05, 0) is 65.2 Å². The number of hydrogen-bond donors (Lipinski definition) is 3. The van der Waals surface area contributed by atoms with Crippen LogP contribution in [0.4, 0.5) is 4.79 Å². The summed E-state index contributed by atoms with van der Waals surface area (Å²) < 4.78 is 5.30. The third-order valence-electron chi connectivity index (χ3n) is 3.58. The molecule has 1 amide bonds. The molecule has 0 atom stereocenters. The van der Waals surface area contributed by atoms with Gasteiger partial charge in [-0.15, -0.1) is 24.0 Å². The number of aromatic nitrogens is 1. The molecule has 0 unspecified atom stereocenters. The Hall–Kier alpha value is -1.58. The van der Waals surface area contributed by atoms with Crippen molar-refractivity contribution in [1.29, 1.82) is 0 Å². The van der Waals surface area contributed by atoms with Crippen molar-refractivity contribution in [2.45, 2.75) is 59.1 Å². The number of halogens is 1. The molecule has 0 saturated carbocycles. The molecule has 8 heteroatoms. The van der Waals surface area contributed by atoms with Crippen LogP contribution in [0.2, 0.25) is 0 Å². The number of nitrogens with one attached hydrogen (secondary N) is 3. The second-order valence-electron chi connectivity index (χ2n) is 7.92.